The second-order valence-electron chi connectivity index (χ2n) is 11.6. The molecule has 20 nitrogen and oxygen atoms in total. The lowest BCUT2D eigenvalue weighted by molar-refractivity contribution is -0.288. The van der Waals surface area contributed by atoms with Gasteiger partial charge >= 0.3 is 34.2 Å². The van der Waals surface area contributed by atoms with E-state index in [1.807, 2.05) is 0 Å². The van der Waals surface area contributed by atoms with Crippen LogP contribution in [0.4, 0.5) is 0 Å². The quantitative estimate of drug-likeness (QED) is 0.0273. The third-order valence-corrected chi connectivity index (χ3v) is 9.08. The molecule has 2 aromatic carbocycles. The Morgan fingerprint density at radius 1 is 0.737 bits per heavy atom. The van der Waals surface area contributed by atoms with Crippen LogP contribution in [0.2, 0.25) is 0 Å². The number of rotatable bonds is 24. The number of carbonyl (C=O) groups excluding carboxylic acids is 4. The summed E-state index contributed by atoms with van der Waals surface area (Å²) in [4.78, 5) is 51.1. The molecular formula is C35H45BrN4O16S. The fraction of sp³-hybridized carbons (Fsp3) is 0.543. The van der Waals surface area contributed by atoms with Crippen LogP contribution in [0.5, 0.6) is 17.2 Å². The topological polar surface area (TPSA) is 248 Å². The first-order chi connectivity index (χ1) is 27.3. The number of halogens is 1. The van der Waals surface area contributed by atoms with Crippen LogP contribution in [-0.4, -0.2) is 118 Å². The van der Waals surface area contributed by atoms with Crippen molar-refractivity contribution in [2.24, 2.45) is 9.48 Å². The number of alkyl halides is 1. The average molecular weight is 890 g/mol. The maximum absolute atomic E-state index is 14.3. The van der Waals surface area contributed by atoms with Gasteiger partial charge in [-0.3, -0.25) is 19.2 Å². The van der Waals surface area contributed by atoms with Crippen LogP contribution in [0, 0.1) is 0 Å². The molecule has 1 heterocycles. The summed E-state index contributed by atoms with van der Waals surface area (Å²) in [6.07, 6.45) is -7.35. The molecule has 1 aliphatic heterocycles. The predicted octanol–water partition coefficient (Wildman–Crippen LogP) is 4.16. The van der Waals surface area contributed by atoms with Crippen LogP contribution in [-0.2, 0) is 72.7 Å². The van der Waals surface area contributed by atoms with Gasteiger partial charge < -0.3 is 51.0 Å². The van der Waals surface area contributed by atoms with E-state index in [0.717, 1.165) is 33.3 Å². The van der Waals surface area contributed by atoms with E-state index >= 15 is 0 Å². The number of para-hydroxylation sites is 2. The Morgan fingerprint density at radius 3 is 1.88 bits per heavy atom. The van der Waals surface area contributed by atoms with Crippen molar-refractivity contribution in [2.75, 3.05) is 59.3 Å². The predicted molar refractivity (Wildman–Crippen MR) is 201 cm³/mol. The van der Waals surface area contributed by atoms with Crippen molar-refractivity contribution in [3.8, 4) is 17.2 Å². The van der Waals surface area contributed by atoms with E-state index in [4.69, 9.17) is 56.5 Å². The summed E-state index contributed by atoms with van der Waals surface area (Å²) < 4.78 is 80.2. The zero-order chi connectivity index (χ0) is 41.6. The molecule has 0 spiro atoms. The summed E-state index contributed by atoms with van der Waals surface area (Å²) in [5, 5.41) is 3.94. The van der Waals surface area contributed by atoms with E-state index in [-0.39, 0.29) is 56.8 Å². The average Bonchev–Trinajstić information content (AvgIpc) is 3.15. The monoisotopic (exact) mass is 888 g/mol. The number of carbonyl (C=O) groups is 4. The first-order valence-corrected chi connectivity index (χ1v) is 19.9. The first kappa shape index (κ1) is 46.7. The molecule has 0 amide bonds. The highest BCUT2D eigenvalue weighted by molar-refractivity contribution is 9.08. The zero-order valence-electron chi connectivity index (χ0n) is 31.7. The molecule has 1 saturated heterocycles. The van der Waals surface area contributed by atoms with Crippen LogP contribution < -0.4 is 13.1 Å². The molecular weight excluding hydrogens is 844 g/mol. The number of hydrogen-bond acceptors (Lipinski definition) is 18. The summed E-state index contributed by atoms with van der Waals surface area (Å²) >= 11 is 3.38. The van der Waals surface area contributed by atoms with Crippen LogP contribution >= 0.6 is 15.9 Å². The van der Waals surface area contributed by atoms with Crippen LogP contribution in [0.25, 0.3) is 10.4 Å². The van der Waals surface area contributed by atoms with Crippen molar-refractivity contribution < 1.29 is 74.4 Å². The highest BCUT2D eigenvalue weighted by Gasteiger charge is 2.53. The normalized spacial score (nSPS) is 19.8. The molecule has 3 rings (SSSR count). The number of esters is 4. The Balaban J connectivity index is 1.86. The van der Waals surface area contributed by atoms with Crippen molar-refractivity contribution in [3.05, 3.63) is 64.5 Å². The van der Waals surface area contributed by atoms with Crippen molar-refractivity contribution >= 4 is 50.1 Å². The maximum atomic E-state index is 14.3. The van der Waals surface area contributed by atoms with Crippen LogP contribution in [0.3, 0.4) is 0 Å². The number of ether oxygens (including phenoxy) is 9. The molecule has 22 heteroatoms. The summed E-state index contributed by atoms with van der Waals surface area (Å²) in [5.74, 6) is -3.25. The van der Waals surface area contributed by atoms with E-state index < -0.39 is 71.5 Å². The van der Waals surface area contributed by atoms with Gasteiger partial charge in [0.2, 0.25) is 12.4 Å². The molecule has 2 aromatic rings. The van der Waals surface area contributed by atoms with Gasteiger partial charge in [0.1, 0.15) is 18.5 Å². The second-order valence-corrected chi connectivity index (χ2v) is 13.7. The molecule has 0 aliphatic carbocycles. The van der Waals surface area contributed by atoms with Crippen molar-refractivity contribution in [3.63, 3.8) is 0 Å². The van der Waals surface area contributed by atoms with Crippen LogP contribution in [0.1, 0.15) is 33.3 Å². The van der Waals surface area contributed by atoms with Gasteiger partial charge in [-0.15, -0.1) is 0 Å². The molecule has 0 bridgehead atoms. The van der Waals surface area contributed by atoms with E-state index in [2.05, 4.69) is 30.3 Å². The molecule has 0 radical (unpaired) electrons. The number of benzene rings is 2. The lowest BCUT2D eigenvalue weighted by Crippen LogP contribution is -2.63. The largest absolute Gasteiger partial charge is 0.463 e. The Bertz CT molecular complexity index is 1790. The fourth-order valence-corrected chi connectivity index (χ4v) is 6.40. The molecule has 314 valence electrons. The minimum atomic E-state index is -4.04. The lowest BCUT2D eigenvalue weighted by atomic mass is 9.98. The second kappa shape index (κ2) is 24.8. The van der Waals surface area contributed by atoms with Crippen molar-refractivity contribution in [2.45, 2.75) is 63.7 Å². The Kier molecular flexibility index (Phi) is 20.3. The van der Waals surface area contributed by atoms with Gasteiger partial charge in [-0.1, -0.05) is 45.3 Å². The van der Waals surface area contributed by atoms with Gasteiger partial charge in [-0.2, -0.15) is 8.57 Å². The minimum Gasteiger partial charge on any atom is -0.463 e. The SMILES string of the molecule is CC(=O)OC[C@H]1O[C@@H](Oc2ccccc2OS(=O)(=NCCOCCOCCOCCN=[N+]=[N-])Oc2ccc(CBr)cc2)[C@H](OC(C)=O)[C@@H](OC(C)=O)[C@H]1OC(C)=O. The van der Waals surface area contributed by atoms with Gasteiger partial charge in [-0.05, 0) is 35.4 Å². The van der Waals surface area contributed by atoms with Crippen molar-refractivity contribution in [1.82, 2.24) is 0 Å². The molecule has 0 N–H and O–H groups in total. The van der Waals surface area contributed by atoms with Gasteiger partial charge in [0.25, 0.3) is 0 Å². The zero-order valence-corrected chi connectivity index (χ0v) is 34.1. The molecule has 1 unspecified atom stereocenters. The Hall–Kier alpha value is -4.70. The summed E-state index contributed by atoms with van der Waals surface area (Å²) in [6.45, 7) is 5.38. The van der Waals surface area contributed by atoms with E-state index in [9.17, 15) is 23.4 Å². The molecule has 1 fully saturated rings. The Labute approximate surface area is 337 Å². The third kappa shape index (κ3) is 17.1. The lowest BCUT2D eigenvalue weighted by Gasteiger charge is -2.43. The maximum Gasteiger partial charge on any atom is 0.388 e. The summed E-state index contributed by atoms with van der Waals surface area (Å²) in [7, 11) is -4.04. The van der Waals surface area contributed by atoms with Crippen LogP contribution in [0.15, 0.2) is 58.0 Å². The van der Waals surface area contributed by atoms with E-state index in [1.165, 1.54) is 12.1 Å². The van der Waals surface area contributed by atoms with E-state index in [0.29, 0.717) is 18.5 Å². The minimum absolute atomic E-state index is 0.0150. The molecule has 6 atom stereocenters. The summed E-state index contributed by atoms with van der Waals surface area (Å²) in [5.41, 5.74) is 9.20. The summed E-state index contributed by atoms with van der Waals surface area (Å²) in [6, 6.07) is 12.6. The molecule has 0 saturated carbocycles. The van der Waals surface area contributed by atoms with Gasteiger partial charge in [0, 0.05) is 44.5 Å². The number of azide groups is 1. The molecule has 1 aliphatic rings. The number of nitrogens with zero attached hydrogens (tertiary/aromatic N) is 4. The van der Waals surface area contributed by atoms with Gasteiger partial charge in [-0.25, -0.2) is 0 Å². The third-order valence-electron chi connectivity index (χ3n) is 7.14. The Morgan fingerprint density at radius 2 is 1.30 bits per heavy atom. The van der Waals surface area contributed by atoms with Gasteiger partial charge in [0.15, 0.2) is 23.7 Å². The fourth-order valence-electron chi connectivity index (χ4n) is 4.87. The van der Waals surface area contributed by atoms with E-state index in [1.54, 1.807) is 36.4 Å². The highest BCUT2D eigenvalue weighted by atomic mass is 79.9. The van der Waals surface area contributed by atoms with Crippen molar-refractivity contribution in [1.29, 1.82) is 0 Å². The highest BCUT2D eigenvalue weighted by Crippen LogP contribution is 2.35. The first-order valence-electron chi connectivity index (χ1n) is 17.4. The molecule has 57 heavy (non-hydrogen) atoms. The van der Waals surface area contributed by atoms with Gasteiger partial charge in [0.05, 0.1) is 46.2 Å². The molecule has 0 aromatic heterocycles. The standard InChI is InChI=1S/C35H45BrN4O16S/c1-23(41)49-22-31-32(50-24(2)42)33(51-25(3)43)34(52-26(4)44)35(54-31)53-29-7-5-6-8-30(29)56-57(45,55-28-11-9-27(21-36)10-12-28)39-14-16-47-18-20-48-19-17-46-15-13-38-40-37/h5-12,31-35H,13-22H2,1-4H3/t31-,32+,33+,34-,35-,57?/m1/s1. The smallest absolute Gasteiger partial charge is 0.388 e. The number of hydrogen-bond donors (Lipinski definition) is 0.